The zero-order chi connectivity index (χ0) is 16.9. The lowest BCUT2D eigenvalue weighted by Crippen LogP contribution is -2.51. The molecule has 0 radical (unpaired) electrons. The Morgan fingerprint density at radius 2 is 1.96 bits per heavy atom. The number of piperazine rings is 1. The van der Waals surface area contributed by atoms with E-state index < -0.39 is 0 Å². The van der Waals surface area contributed by atoms with Gasteiger partial charge in [0.2, 0.25) is 5.91 Å². The lowest BCUT2D eigenvalue weighted by molar-refractivity contribution is -0.139. The van der Waals surface area contributed by atoms with Gasteiger partial charge in [-0.25, -0.2) is 0 Å². The van der Waals surface area contributed by atoms with Crippen molar-refractivity contribution in [3.05, 3.63) is 35.4 Å². The van der Waals surface area contributed by atoms with Crippen LogP contribution < -0.4 is 16.0 Å². The first kappa shape index (κ1) is 16.9. The van der Waals surface area contributed by atoms with Crippen LogP contribution in [0, 0.1) is 5.92 Å². The summed E-state index contributed by atoms with van der Waals surface area (Å²) in [5.41, 5.74) is 1.65. The van der Waals surface area contributed by atoms with Crippen molar-refractivity contribution < 1.29 is 9.59 Å². The minimum atomic E-state index is -0.100. The van der Waals surface area contributed by atoms with E-state index in [0.717, 1.165) is 51.1 Å². The molecule has 2 heterocycles. The van der Waals surface area contributed by atoms with Gasteiger partial charge in [0.15, 0.2) is 0 Å². The molecule has 0 saturated carbocycles. The maximum Gasteiger partial charge on any atom is 0.251 e. The number of amides is 2. The highest BCUT2D eigenvalue weighted by molar-refractivity contribution is 5.94. The van der Waals surface area contributed by atoms with E-state index in [4.69, 9.17) is 0 Å². The number of nitrogens with zero attached hydrogens (tertiary/aromatic N) is 1. The minimum absolute atomic E-state index is 0.00857. The summed E-state index contributed by atoms with van der Waals surface area (Å²) >= 11 is 0. The summed E-state index contributed by atoms with van der Waals surface area (Å²) in [5.74, 6) is 0.277. The van der Waals surface area contributed by atoms with Crippen LogP contribution in [0.1, 0.15) is 34.8 Å². The molecule has 6 heteroatoms. The van der Waals surface area contributed by atoms with E-state index in [1.165, 1.54) is 0 Å². The zero-order valence-electron chi connectivity index (χ0n) is 14.2. The van der Waals surface area contributed by atoms with Gasteiger partial charge in [-0.3, -0.25) is 9.59 Å². The highest BCUT2D eigenvalue weighted by atomic mass is 16.2. The topological polar surface area (TPSA) is 73.5 Å². The summed E-state index contributed by atoms with van der Waals surface area (Å²) in [6.07, 6.45) is 1.82. The van der Waals surface area contributed by atoms with E-state index in [1.807, 2.05) is 23.1 Å². The smallest absolute Gasteiger partial charge is 0.251 e. The van der Waals surface area contributed by atoms with Gasteiger partial charge in [-0.1, -0.05) is 12.1 Å². The average Bonchev–Trinajstić information content (AvgIpc) is 2.67. The standard InChI is InChI=1S/C18H26N4O2/c1-19-17(23)15-4-2-3-14(11-15)16-12-21-9-10-22(16)18(24)13-5-7-20-8-6-13/h2-4,11,13,16,20-21H,5-10,12H2,1H3,(H,19,23)/t16-/m0/s1. The van der Waals surface area contributed by atoms with E-state index in [2.05, 4.69) is 16.0 Å². The van der Waals surface area contributed by atoms with Crippen LogP contribution in [-0.2, 0) is 4.79 Å². The Morgan fingerprint density at radius 3 is 2.71 bits per heavy atom. The third-order valence-electron chi connectivity index (χ3n) is 4.98. The van der Waals surface area contributed by atoms with Gasteiger partial charge in [0.1, 0.15) is 0 Å². The summed E-state index contributed by atoms with van der Waals surface area (Å²) in [7, 11) is 1.63. The molecule has 0 aliphatic carbocycles. The summed E-state index contributed by atoms with van der Waals surface area (Å²) in [4.78, 5) is 26.9. The van der Waals surface area contributed by atoms with Crippen molar-refractivity contribution in [2.75, 3.05) is 39.8 Å². The monoisotopic (exact) mass is 330 g/mol. The van der Waals surface area contributed by atoms with E-state index in [9.17, 15) is 9.59 Å². The van der Waals surface area contributed by atoms with Crippen LogP contribution in [0.4, 0.5) is 0 Å². The van der Waals surface area contributed by atoms with Gasteiger partial charge in [-0.15, -0.1) is 0 Å². The number of rotatable bonds is 3. The van der Waals surface area contributed by atoms with E-state index in [-0.39, 0.29) is 23.8 Å². The SMILES string of the molecule is CNC(=O)c1cccc([C@@H]2CNCCN2C(=O)C2CCNCC2)c1. The number of carbonyl (C=O) groups is 2. The van der Waals surface area contributed by atoms with Crippen molar-refractivity contribution in [2.45, 2.75) is 18.9 Å². The normalized spacial score (nSPS) is 22.2. The molecule has 2 aliphatic heterocycles. The summed E-state index contributed by atoms with van der Waals surface area (Å²) in [6, 6.07) is 7.59. The van der Waals surface area contributed by atoms with Crippen LogP contribution in [0.15, 0.2) is 24.3 Å². The molecule has 0 unspecified atom stereocenters. The highest BCUT2D eigenvalue weighted by Gasteiger charge is 2.33. The van der Waals surface area contributed by atoms with Gasteiger partial charge >= 0.3 is 0 Å². The predicted molar refractivity (Wildman–Crippen MR) is 92.7 cm³/mol. The van der Waals surface area contributed by atoms with Gasteiger partial charge < -0.3 is 20.9 Å². The molecule has 3 N–H and O–H groups in total. The second-order valence-corrected chi connectivity index (χ2v) is 6.48. The van der Waals surface area contributed by atoms with Crippen molar-refractivity contribution in [1.82, 2.24) is 20.9 Å². The van der Waals surface area contributed by atoms with Crippen molar-refractivity contribution in [1.29, 1.82) is 0 Å². The first-order valence-electron chi connectivity index (χ1n) is 8.74. The van der Waals surface area contributed by atoms with Crippen molar-refractivity contribution in [3.8, 4) is 0 Å². The van der Waals surface area contributed by atoms with E-state index in [1.54, 1.807) is 13.1 Å². The zero-order valence-corrected chi connectivity index (χ0v) is 14.2. The Kier molecular flexibility index (Phi) is 5.48. The molecule has 1 aromatic carbocycles. The Labute approximate surface area is 143 Å². The maximum atomic E-state index is 13.0. The molecule has 0 spiro atoms. The largest absolute Gasteiger partial charge is 0.355 e. The average molecular weight is 330 g/mol. The fourth-order valence-corrected chi connectivity index (χ4v) is 3.60. The van der Waals surface area contributed by atoms with Crippen molar-refractivity contribution in [3.63, 3.8) is 0 Å². The lowest BCUT2D eigenvalue weighted by atomic mass is 9.93. The third kappa shape index (κ3) is 3.60. The lowest BCUT2D eigenvalue weighted by Gasteiger charge is -2.39. The number of benzene rings is 1. The van der Waals surface area contributed by atoms with E-state index in [0.29, 0.717) is 5.56 Å². The second kappa shape index (κ2) is 7.77. The maximum absolute atomic E-state index is 13.0. The number of piperidine rings is 1. The molecule has 0 bridgehead atoms. The molecule has 2 aliphatic rings. The quantitative estimate of drug-likeness (QED) is 0.755. The Hall–Kier alpha value is -1.92. The third-order valence-corrected chi connectivity index (χ3v) is 4.98. The molecular weight excluding hydrogens is 304 g/mol. The van der Waals surface area contributed by atoms with Crippen LogP contribution in [0.3, 0.4) is 0 Å². The van der Waals surface area contributed by atoms with E-state index >= 15 is 0 Å². The van der Waals surface area contributed by atoms with Crippen LogP contribution in [0.2, 0.25) is 0 Å². The molecule has 1 aromatic rings. The van der Waals surface area contributed by atoms with Gasteiger partial charge in [0.05, 0.1) is 6.04 Å². The molecule has 130 valence electrons. The Bertz CT molecular complexity index is 598. The van der Waals surface area contributed by atoms with Gasteiger partial charge in [-0.2, -0.15) is 0 Å². The van der Waals surface area contributed by atoms with Crippen molar-refractivity contribution in [2.24, 2.45) is 5.92 Å². The number of hydrogen-bond acceptors (Lipinski definition) is 4. The van der Waals surface area contributed by atoms with Crippen LogP contribution in [0.25, 0.3) is 0 Å². The van der Waals surface area contributed by atoms with Crippen LogP contribution in [-0.4, -0.2) is 56.5 Å². The molecule has 2 amide bonds. The highest BCUT2D eigenvalue weighted by Crippen LogP contribution is 2.27. The second-order valence-electron chi connectivity index (χ2n) is 6.48. The Balaban J connectivity index is 1.81. The molecule has 1 atom stereocenters. The number of hydrogen-bond donors (Lipinski definition) is 3. The van der Waals surface area contributed by atoms with Gasteiger partial charge in [0.25, 0.3) is 5.91 Å². The minimum Gasteiger partial charge on any atom is -0.355 e. The first-order valence-corrected chi connectivity index (χ1v) is 8.74. The van der Waals surface area contributed by atoms with Crippen molar-refractivity contribution >= 4 is 11.8 Å². The van der Waals surface area contributed by atoms with Crippen LogP contribution in [0.5, 0.6) is 0 Å². The first-order chi connectivity index (χ1) is 11.7. The molecule has 0 aromatic heterocycles. The molecule has 2 fully saturated rings. The number of nitrogens with one attached hydrogen (secondary N) is 3. The molecule has 2 saturated heterocycles. The number of carbonyl (C=O) groups excluding carboxylic acids is 2. The fourth-order valence-electron chi connectivity index (χ4n) is 3.60. The molecule has 6 nitrogen and oxygen atoms in total. The summed E-state index contributed by atoms with van der Waals surface area (Å²) < 4.78 is 0. The summed E-state index contributed by atoms with van der Waals surface area (Å²) in [6.45, 7) is 4.10. The molecular formula is C18H26N4O2. The molecule has 3 rings (SSSR count). The Morgan fingerprint density at radius 1 is 1.17 bits per heavy atom. The molecule has 24 heavy (non-hydrogen) atoms. The summed E-state index contributed by atoms with van der Waals surface area (Å²) in [5, 5.41) is 9.35. The fraction of sp³-hybridized carbons (Fsp3) is 0.556. The van der Waals surface area contributed by atoms with Gasteiger partial charge in [-0.05, 0) is 43.6 Å². The van der Waals surface area contributed by atoms with Crippen LogP contribution >= 0.6 is 0 Å². The van der Waals surface area contributed by atoms with Gasteiger partial charge in [0, 0.05) is 38.2 Å². The predicted octanol–water partition coefficient (Wildman–Crippen LogP) is 0.519.